The molecule has 0 aliphatic heterocycles. The van der Waals surface area contributed by atoms with E-state index in [1.54, 1.807) is 23.6 Å². The van der Waals surface area contributed by atoms with E-state index >= 15 is 0 Å². The number of aromatic nitrogens is 3. The van der Waals surface area contributed by atoms with E-state index in [1.165, 1.54) is 22.3 Å². The smallest absolute Gasteiger partial charge is 0.251 e. The highest BCUT2D eigenvalue weighted by Gasteiger charge is 2.17. The van der Waals surface area contributed by atoms with Crippen molar-refractivity contribution in [2.75, 3.05) is 16.9 Å². The Morgan fingerprint density at radius 1 is 1.38 bits per heavy atom. The van der Waals surface area contributed by atoms with E-state index in [1.807, 2.05) is 0 Å². The number of hydrogen-bond donors (Lipinski definition) is 3. The summed E-state index contributed by atoms with van der Waals surface area (Å²) in [5, 5.41) is 12.9. The minimum absolute atomic E-state index is 0.0452. The summed E-state index contributed by atoms with van der Waals surface area (Å²) in [5.41, 5.74) is 5.51. The summed E-state index contributed by atoms with van der Waals surface area (Å²) in [5.74, 6) is 5.88. The molecule has 0 saturated heterocycles. The molecule has 0 radical (unpaired) electrons. The third-order valence-corrected chi connectivity index (χ3v) is 4.70. The van der Waals surface area contributed by atoms with Crippen molar-refractivity contribution < 1.29 is 14.0 Å². The van der Waals surface area contributed by atoms with Crippen molar-refractivity contribution in [3.05, 3.63) is 35.4 Å². The van der Waals surface area contributed by atoms with Crippen LogP contribution in [0.3, 0.4) is 0 Å². The van der Waals surface area contributed by atoms with Gasteiger partial charge in [-0.25, -0.2) is 4.68 Å². The quantitative estimate of drug-likeness (QED) is 0.440. The first-order valence-corrected chi connectivity index (χ1v) is 8.47. The standard InChI is InChI=1S/C13H12N6O3S2/c14-10(21)7-3-5-23-12(7)16-9(20)6-24-13-18-17-11(19(13)15)8-2-1-4-22-8/h1-5H,6,15H2,(H2,14,21)(H,16,20). The fourth-order valence-corrected chi connectivity index (χ4v) is 3.31. The molecule has 9 nitrogen and oxygen atoms in total. The number of thiophene rings is 1. The zero-order chi connectivity index (χ0) is 17.1. The Hall–Kier alpha value is -2.79. The van der Waals surface area contributed by atoms with Gasteiger partial charge in [0.15, 0.2) is 5.76 Å². The molecule has 0 bridgehead atoms. The van der Waals surface area contributed by atoms with E-state index in [9.17, 15) is 9.59 Å². The summed E-state index contributed by atoms with van der Waals surface area (Å²) in [4.78, 5) is 23.2. The number of amides is 2. The molecule has 3 aromatic rings. The lowest BCUT2D eigenvalue weighted by atomic mass is 10.3. The molecule has 124 valence electrons. The number of thioether (sulfide) groups is 1. The Balaban J connectivity index is 1.63. The van der Waals surface area contributed by atoms with Gasteiger partial charge in [-0.1, -0.05) is 11.8 Å². The Morgan fingerprint density at radius 2 is 2.21 bits per heavy atom. The minimum Gasteiger partial charge on any atom is -0.461 e. The second-order valence-corrected chi connectivity index (χ2v) is 6.38. The number of nitrogen functional groups attached to an aromatic ring is 1. The molecule has 0 aliphatic rings. The molecule has 5 N–H and O–H groups in total. The number of nitrogens with zero attached hydrogens (tertiary/aromatic N) is 3. The van der Waals surface area contributed by atoms with E-state index < -0.39 is 5.91 Å². The van der Waals surface area contributed by atoms with Crippen molar-refractivity contribution in [1.82, 2.24) is 14.9 Å². The van der Waals surface area contributed by atoms with Crippen LogP contribution in [0, 0.1) is 0 Å². The summed E-state index contributed by atoms with van der Waals surface area (Å²) < 4.78 is 6.46. The first-order valence-electron chi connectivity index (χ1n) is 6.60. The van der Waals surface area contributed by atoms with Gasteiger partial charge < -0.3 is 21.3 Å². The summed E-state index contributed by atoms with van der Waals surface area (Å²) in [7, 11) is 0. The molecular formula is C13H12N6O3S2. The molecule has 0 aliphatic carbocycles. The topological polar surface area (TPSA) is 142 Å². The summed E-state index contributed by atoms with van der Waals surface area (Å²) >= 11 is 2.33. The van der Waals surface area contributed by atoms with Crippen LogP contribution in [0.1, 0.15) is 10.4 Å². The van der Waals surface area contributed by atoms with E-state index in [2.05, 4.69) is 15.5 Å². The van der Waals surface area contributed by atoms with Crippen molar-refractivity contribution >= 4 is 39.9 Å². The third-order valence-electron chi connectivity index (χ3n) is 2.92. The first kappa shape index (κ1) is 16.1. The average Bonchev–Trinajstić information content (AvgIpc) is 3.25. The van der Waals surface area contributed by atoms with Crippen LogP contribution >= 0.6 is 23.1 Å². The second kappa shape index (κ2) is 6.76. The predicted molar refractivity (Wildman–Crippen MR) is 90.1 cm³/mol. The van der Waals surface area contributed by atoms with Crippen LogP contribution in [0.2, 0.25) is 0 Å². The van der Waals surface area contributed by atoms with Gasteiger partial charge in [0, 0.05) is 0 Å². The van der Waals surface area contributed by atoms with Crippen LogP contribution in [-0.4, -0.2) is 32.4 Å². The monoisotopic (exact) mass is 364 g/mol. The Labute approximate surface area is 144 Å². The van der Waals surface area contributed by atoms with Gasteiger partial charge in [-0.2, -0.15) is 0 Å². The van der Waals surface area contributed by atoms with E-state index in [4.69, 9.17) is 16.0 Å². The number of nitrogens with two attached hydrogens (primary N) is 2. The van der Waals surface area contributed by atoms with Crippen LogP contribution in [0.5, 0.6) is 0 Å². The number of rotatable bonds is 6. The molecule has 2 amide bonds. The number of furan rings is 1. The van der Waals surface area contributed by atoms with Gasteiger partial charge in [-0.05, 0) is 23.6 Å². The second-order valence-electron chi connectivity index (χ2n) is 4.52. The molecule has 0 saturated carbocycles. The molecule has 0 fully saturated rings. The van der Waals surface area contributed by atoms with Crippen LogP contribution in [0.4, 0.5) is 5.00 Å². The highest BCUT2D eigenvalue weighted by Crippen LogP contribution is 2.24. The Morgan fingerprint density at radius 3 is 2.92 bits per heavy atom. The van der Waals surface area contributed by atoms with Crippen molar-refractivity contribution in [3.63, 3.8) is 0 Å². The normalized spacial score (nSPS) is 10.7. The fraction of sp³-hybridized carbons (Fsp3) is 0.0769. The van der Waals surface area contributed by atoms with Crippen molar-refractivity contribution in [2.45, 2.75) is 5.16 Å². The van der Waals surface area contributed by atoms with Crippen molar-refractivity contribution in [3.8, 4) is 11.6 Å². The zero-order valence-corrected chi connectivity index (χ0v) is 13.8. The maximum atomic E-state index is 12.0. The number of carbonyl (C=O) groups is 2. The number of anilines is 1. The number of primary amides is 1. The highest BCUT2D eigenvalue weighted by molar-refractivity contribution is 7.99. The number of carbonyl (C=O) groups excluding carboxylic acids is 2. The van der Waals surface area contributed by atoms with Crippen molar-refractivity contribution in [2.24, 2.45) is 5.73 Å². The third kappa shape index (κ3) is 3.26. The van der Waals surface area contributed by atoms with Gasteiger partial charge in [0.25, 0.3) is 5.91 Å². The summed E-state index contributed by atoms with van der Waals surface area (Å²) in [6.07, 6.45) is 1.50. The lowest BCUT2D eigenvalue weighted by Crippen LogP contribution is -2.18. The molecule has 0 atom stereocenters. The Kier molecular flexibility index (Phi) is 4.53. The Bertz CT molecular complexity index is 870. The molecule has 3 aromatic heterocycles. The van der Waals surface area contributed by atoms with Gasteiger partial charge in [-0.15, -0.1) is 21.5 Å². The van der Waals surface area contributed by atoms with Crippen molar-refractivity contribution in [1.29, 1.82) is 0 Å². The first-order chi connectivity index (χ1) is 11.6. The molecule has 0 unspecified atom stereocenters. The maximum absolute atomic E-state index is 12.0. The average molecular weight is 364 g/mol. The number of hydrogen-bond acceptors (Lipinski definition) is 8. The lowest BCUT2D eigenvalue weighted by molar-refractivity contribution is -0.113. The molecule has 11 heteroatoms. The zero-order valence-electron chi connectivity index (χ0n) is 12.1. The van der Waals surface area contributed by atoms with Crippen LogP contribution in [0.25, 0.3) is 11.6 Å². The summed E-state index contributed by atoms with van der Waals surface area (Å²) in [6.45, 7) is 0. The molecule has 3 heterocycles. The van der Waals surface area contributed by atoms with E-state index in [0.29, 0.717) is 21.7 Å². The molecular weight excluding hydrogens is 352 g/mol. The number of nitrogens with one attached hydrogen (secondary N) is 1. The van der Waals surface area contributed by atoms with Gasteiger partial charge in [0.05, 0.1) is 17.6 Å². The van der Waals surface area contributed by atoms with Crippen LogP contribution < -0.4 is 16.9 Å². The van der Waals surface area contributed by atoms with Crippen LogP contribution in [-0.2, 0) is 4.79 Å². The highest BCUT2D eigenvalue weighted by atomic mass is 32.2. The maximum Gasteiger partial charge on any atom is 0.251 e. The predicted octanol–water partition coefficient (Wildman–Crippen LogP) is 1.14. The molecule has 24 heavy (non-hydrogen) atoms. The van der Waals surface area contributed by atoms with Gasteiger partial charge in [-0.3, -0.25) is 9.59 Å². The lowest BCUT2D eigenvalue weighted by Gasteiger charge is -2.04. The summed E-state index contributed by atoms with van der Waals surface area (Å²) in [6, 6.07) is 4.97. The van der Waals surface area contributed by atoms with E-state index in [-0.39, 0.29) is 17.2 Å². The SMILES string of the molecule is NC(=O)c1ccsc1NC(=O)CSc1nnc(-c2ccco2)n1N. The van der Waals surface area contributed by atoms with Gasteiger partial charge in [0.1, 0.15) is 5.00 Å². The molecule has 3 rings (SSSR count). The fourth-order valence-electron chi connectivity index (χ4n) is 1.84. The minimum atomic E-state index is -0.594. The van der Waals surface area contributed by atoms with Crippen LogP contribution in [0.15, 0.2) is 39.4 Å². The molecule has 0 spiro atoms. The van der Waals surface area contributed by atoms with Gasteiger partial charge >= 0.3 is 0 Å². The van der Waals surface area contributed by atoms with E-state index in [0.717, 1.165) is 11.8 Å². The molecule has 0 aromatic carbocycles. The van der Waals surface area contributed by atoms with Gasteiger partial charge in [0.2, 0.25) is 16.9 Å². The largest absolute Gasteiger partial charge is 0.461 e.